The third kappa shape index (κ3) is 4.62. The van der Waals surface area contributed by atoms with Crippen LogP contribution in [0.25, 0.3) is 0 Å². The van der Waals surface area contributed by atoms with Gasteiger partial charge in [-0.15, -0.1) is 0 Å². The van der Waals surface area contributed by atoms with Crippen molar-refractivity contribution in [1.82, 2.24) is 5.32 Å². The van der Waals surface area contributed by atoms with E-state index in [9.17, 15) is 14.4 Å². The van der Waals surface area contributed by atoms with Gasteiger partial charge in [0.2, 0.25) is 0 Å². The van der Waals surface area contributed by atoms with Gasteiger partial charge in [-0.3, -0.25) is 14.4 Å². The standard InChI is InChI=1S/C27H26N2O3/c1-16-8-10-19(14-18(16)3)25(30)22-6-4-5-7-23(22)27(32)29-24-15-20(11-9-17(24)2)26(31)28-21-12-13-21/h4-11,14-15,21H,12-13H2,1-3H3,(H,28,31)(H,29,32). The van der Waals surface area contributed by atoms with Gasteiger partial charge in [0.05, 0.1) is 5.56 Å². The molecule has 5 heteroatoms. The Kier molecular flexibility index (Phi) is 5.91. The second-order valence-electron chi connectivity index (χ2n) is 8.41. The van der Waals surface area contributed by atoms with Crippen molar-refractivity contribution < 1.29 is 14.4 Å². The second kappa shape index (κ2) is 8.79. The Morgan fingerprint density at radius 2 is 1.38 bits per heavy atom. The molecule has 1 saturated carbocycles. The number of amides is 2. The van der Waals surface area contributed by atoms with E-state index in [0.29, 0.717) is 27.9 Å². The van der Waals surface area contributed by atoms with Crippen LogP contribution in [0.2, 0.25) is 0 Å². The Hall–Kier alpha value is -3.73. The molecule has 32 heavy (non-hydrogen) atoms. The number of anilines is 1. The van der Waals surface area contributed by atoms with Gasteiger partial charge in [0.25, 0.3) is 11.8 Å². The van der Waals surface area contributed by atoms with Crippen LogP contribution in [0.15, 0.2) is 60.7 Å². The summed E-state index contributed by atoms with van der Waals surface area (Å²) in [6, 6.07) is 17.8. The van der Waals surface area contributed by atoms with Crippen molar-refractivity contribution in [3.05, 3.63) is 99.6 Å². The number of carbonyl (C=O) groups is 3. The minimum atomic E-state index is -0.388. The van der Waals surface area contributed by atoms with Gasteiger partial charge in [0, 0.05) is 28.4 Å². The number of ketones is 1. The third-order valence-corrected chi connectivity index (χ3v) is 5.85. The number of aryl methyl sites for hydroxylation is 3. The van der Waals surface area contributed by atoms with E-state index in [0.717, 1.165) is 29.5 Å². The van der Waals surface area contributed by atoms with Gasteiger partial charge >= 0.3 is 0 Å². The van der Waals surface area contributed by atoms with E-state index in [2.05, 4.69) is 10.6 Å². The summed E-state index contributed by atoms with van der Waals surface area (Å²) in [5.74, 6) is -0.734. The lowest BCUT2D eigenvalue weighted by Crippen LogP contribution is -2.25. The Labute approximate surface area is 187 Å². The Bertz CT molecular complexity index is 1230. The summed E-state index contributed by atoms with van der Waals surface area (Å²) < 4.78 is 0. The highest BCUT2D eigenvalue weighted by Gasteiger charge is 2.24. The normalized spacial score (nSPS) is 12.8. The summed E-state index contributed by atoms with van der Waals surface area (Å²) in [6.07, 6.45) is 2.01. The zero-order chi connectivity index (χ0) is 22.8. The summed E-state index contributed by atoms with van der Waals surface area (Å²) in [4.78, 5) is 38.7. The monoisotopic (exact) mass is 426 g/mol. The highest BCUT2D eigenvalue weighted by molar-refractivity contribution is 6.18. The maximum absolute atomic E-state index is 13.2. The van der Waals surface area contributed by atoms with Crippen LogP contribution in [0.1, 0.15) is 66.2 Å². The lowest BCUT2D eigenvalue weighted by molar-refractivity contribution is 0.0949. The lowest BCUT2D eigenvalue weighted by Gasteiger charge is -2.13. The fraction of sp³-hybridized carbons (Fsp3) is 0.222. The molecule has 1 aliphatic rings. The van der Waals surface area contributed by atoms with Crippen LogP contribution in [-0.2, 0) is 0 Å². The molecule has 0 bridgehead atoms. The number of benzene rings is 3. The molecule has 0 saturated heterocycles. The average Bonchev–Trinajstić information content (AvgIpc) is 3.60. The summed E-state index contributed by atoms with van der Waals surface area (Å²) in [7, 11) is 0. The van der Waals surface area contributed by atoms with Crippen molar-refractivity contribution in [1.29, 1.82) is 0 Å². The minimum absolute atomic E-state index is 0.145. The van der Waals surface area contributed by atoms with Crippen LogP contribution in [0.4, 0.5) is 5.69 Å². The average molecular weight is 427 g/mol. The molecule has 0 atom stereocenters. The van der Waals surface area contributed by atoms with E-state index >= 15 is 0 Å². The van der Waals surface area contributed by atoms with Crippen molar-refractivity contribution in [2.45, 2.75) is 39.7 Å². The fourth-order valence-corrected chi connectivity index (χ4v) is 3.50. The zero-order valence-electron chi connectivity index (χ0n) is 18.5. The molecule has 4 rings (SSSR count). The van der Waals surface area contributed by atoms with E-state index in [1.807, 2.05) is 39.0 Å². The van der Waals surface area contributed by atoms with Crippen molar-refractivity contribution >= 4 is 23.3 Å². The van der Waals surface area contributed by atoms with Crippen molar-refractivity contribution in [2.24, 2.45) is 0 Å². The third-order valence-electron chi connectivity index (χ3n) is 5.85. The molecular formula is C27H26N2O3. The van der Waals surface area contributed by atoms with Crippen LogP contribution in [0.3, 0.4) is 0 Å². The molecule has 0 heterocycles. The first-order valence-corrected chi connectivity index (χ1v) is 10.8. The summed E-state index contributed by atoms with van der Waals surface area (Å²) in [6.45, 7) is 5.82. The van der Waals surface area contributed by atoms with Crippen molar-refractivity contribution in [3.63, 3.8) is 0 Å². The number of carbonyl (C=O) groups excluding carboxylic acids is 3. The molecule has 2 amide bonds. The van der Waals surface area contributed by atoms with E-state index in [4.69, 9.17) is 0 Å². The molecule has 162 valence electrons. The van der Waals surface area contributed by atoms with Gasteiger partial charge < -0.3 is 10.6 Å². The summed E-state index contributed by atoms with van der Waals surface area (Å²) >= 11 is 0. The van der Waals surface area contributed by atoms with E-state index in [1.54, 1.807) is 42.5 Å². The number of hydrogen-bond acceptors (Lipinski definition) is 3. The number of hydrogen-bond donors (Lipinski definition) is 2. The maximum atomic E-state index is 13.2. The van der Waals surface area contributed by atoms with Crippen molar-refractivity contribution in [3.8, 4) is 0 Å². The molecule has 1 aliphatic carbocycles. The topological polar surface area (TPSA) is 75.3 Å². The predicted molar refractivity (Wildman–Crippen MR) is 125 cm³/mol. The van der Waals surface area contributed by atoms with Crippen LogP contribution < -0.4 is 10.6 Å². The smallest absolute Gasteiger partial charge is 0.256 e. The van der Waals surface area contributed by atoms with Gasteiger partial charge in [0.1, 0.15) is 0 Å². The van der Waals surface area contributed by atoms with Crippen LogP contribution in [-0.4, -0.2) is 23.6 Å². The van der Waals surface area contributed by atoms with E-state index < -0.39 is 0 Å². The summed E-state index contributed by atoms with van der Waals surface area (Å²) in [5.41, 5.74) is 5.19. The first-order valence-electron chi connectivity index (χ1n) is 10.8. The predicted octanol–water partition coefficient (Wildman–Crippen LogP) is 4.99. The molecule has 0 spiro atoms. The number of rotatable bonds is 6. The SMILES string of the molecule is Cc1ccc(C(=O)c2ccccc2C(=O)Nc2cc(C(=O)NC3CC3)ccc2C)cc1C. The van der Waals surface area contributed by atoms with Gasteiger partial charge in [-0.25, -0.2) is 0 Å². The molecule has 3 aromatic carbocycles. The molecule has 0 aromatic heterocycles. The quantitative estimate of drug-likeness (QED) is 0.546. The maximum Gasteiger partial charge on any atom is 0.256 e. The second-order valence-corrected chi connectivity index (χ2v) is 8.41. The van der Waals surface area contributed by atoms with Gasteiger partial charge in [-0.1, -0.05) is 36.4 Å². The highest BCUT2D eigenvalue weighted by Crippen LogP contribution is 2.23. The lowest BCUT2D eigenvalue weighted by atomic mass is 9.95. The number of nitrogens with one attached hydrogen (secondary N) is 2. The van der Waals surface area contributed by atoms with Gasteiger partial charge in [-0.2, -0.15) is 0 Å². The molecule has 1 fully saturated rings. The summed E-state index contributed by atoms with van der Waals surface area (Å²) in [5, 5.41) is 5.84. The molecule has 2 N–H and O–H groups in total. The first-order chi connectivity index (χ1) is 15.3. The largest absolute Gasteiger partial charge is 0.349 e. The molecule has 0 aliphatic heterocycles. The van der Waals surface area contributed by atoms with E-state index in [-0.39, 0.29) is 23.6 Å². The Morgan fingerprint density at radius 1 is 0.719 bits per heavy atom. The Morgan fingerprint density at radius 3 is 2.06 bits per heavy atom. The molecule has 0 unspecified atom stereocenters. The van der Waals surface area contributed by atoms with Crippen LogP contribution >= 0.6 is 0 Å². The molecule has 3 aromatic rings. The first kappa shape index (κ1) is 21.5. The minimum Gasteiger partial charge on any atom is -0.349 e. The molecule has 0 radical (unpaired) electrons. The van der Waals surface area contributed by atoms with E-state index in [1.165, 1.54) is 0 Å². The van der Waals surface area contributed by atoms with Crippen LogP contribution in [0, 0.1) is 20.8 Å². The Balaban J connectivity index is 1.60. The molecular weight excluding hydrogens is 400 g/mol. The fourth-order valence-electron chi connectivity index (χ4n) is 3.50. The van der Waals surface area contributed by atoms with Gasteiger partial charge in [-0.05, 0) is 74.6 Å². The van der Waals surface area contributed by atoms with Crippen molar-refractivity contribution in [2.75, 3.05) is 5.32 Å². The zero-order valence-corrected chi connectivity index (χ0v) is 18.5. The van der Waals surface area contributed by atoms with Gasteiger partial charge in [0.15, 0.2) is 5.78 Å². The highest BCUT2D eigenvalue weighted by atomic mass is 16.2. The molecule has 5 nitrogen and oxygen atoms in total. The van der Waals surface area contributed by atoms with Crippen LogP contribution in [0.5, 0.6) is 0 Å².